The van der Waals surface area contributed by atoms with Crippen molar-refractivity contribution in [2.45, 2.75) is 6.54 Å². The Bertz CT molecular complexity index is 1310. The van der Waals surface area contributed by atoms with E-state index in [-0.39, 0.29) is 6.54 Å². The Morgan fingerprint density at radius 1 is 0.583 bits per heavy atom. The molecule has 0 N–H and O–H groups in total. The fraction of sp³-hybridized carbons (Fsp3) is 0.214. The zero-order chi connectivity index (χ0) is 25.8. The number of ether oxygens (including phenoxy) is 5. The van der Waals surface area contributed by atoms with Crippen LogP contribution < -0.4 is 23.7 Å². The molecule has 2 amide bonds. The first-order valence-electron chi connectivity index (χ1n) is 11.1. The first-order valence-corrected chi connectivity index (χ1v) is 11.1. The van der Waals surface area contributed by atoms with Crippen LogP contribution in [0.25, 0.3) is 11.1 Å². The van der Waals surface area contributed by atoms with Crippen LogP contribution >= 0.6 is 0 Å². The summed E-state index contributed by atoms with van der Waals surface area (Å²) < 4.78 is 27.0. The van der Waals surface area contributed by atoms with Crippen molar-refractivity contribution in [1.29, 1.82) is 0 Å². The van der Waals surface area contributed by atoms with Gasteiger partial charge in [0.25, 0.3) is 11.8 Å². The van der Waals surface area contributed by atoms with E-state index >= 15 is 0 Å². The maximum absolute atomic E-state index is 13.8. The molecule has 0 saturated heterocycles. The Morgan fingerprint density at radius 2 is 1.14 bits per heavy atom. The number of carbonyl (C=O) groups is 2. The van der Waals surface area contributed by atoms with Crippen LogP contribution in [0.15, 0.2) is 60.7 Å². The summed E-state index contributed by atoms with van der Waals surface area (Å²) in [5.74, 6) is 1.46. The third-order valence-corrected chi connectivity index (χ3v) is 5.97. The van der Waals surface area contributed by atoms with Crippen molar-refractivity contribution in [3.63, 3.8) is 0 Å². The van der Waals surface area contributed by atoms with E-state index in [1.165, 1.54) is 40.4 Å². The molecule has 0 bridgehead atoms. The van der Waals surface area contributed by atoms with Gasteiger partial charge in [0.05, 0.1) is 53.2 Å². The number of imide groups is 1. The van der Waals surface area contributed by atoms with Gasteiger partial charge in [0.15, 0.2) is 23.0 Å². The second-order valence-corrected chi connectivity index (χ2v) is 7.92. The number of hydrogen-bond donors (Lipinski definition) is 0. The number of amides is 2. The summed E-state index contributed by atoms with van der Waals surface area (Å²) in [5.41, 5.74) is 2.46. The quantitative estimate of drug-likeness (QED) is 0.417. The standard InChI is InChI=1S/C28H27NO7/c1-32-20-12-11-19(15-21(20)33-2)25-24(18-9-7-6-8-10-18)27(30)29(28(25)31)16-17-13-22(34-3)26(36-5)23(14-17)35-4/h6-15H,16H2,1-5H3. The smallest absolute Gasteiger partial charge is 0.262 e. The summed E-state index contributed by atoms with van der Waals surface area (Å²) >= 11 is 0. The lowest BCUT2D eigenvalue weighted by Gasteiger charge is -2.18. The minimum absolute atomic E-state index is 0.0154. The number of benzene rings is 3. The van der Waals surface area contributed by atoms with Gasteiger partial charge in [0, 0.05) is 0 Å². The second kappa shape index (κ2) is 10.4. The molecule has 1 aliphatic rings. The van der Waals surface area contributed by atoms with Gasteiger partial charge >= 0.3 is 0 Å². The zero-order valence-electron chi connectivity index (χ0n) is 20.8. The van der Waals surface area contributed by atoms with E-state index in [4.69, 9.17) is 23.7 Å². The van der Waals surface area contributed by atoms with Gasteiger partial charge in [0.2, 0.25) is 5.75 Å². The van der Waals surface area contributed by atoms with E-state index in [0.717, 1.165) is 0 Å². The van der Waals surface area contributed by atoms with Crippen molar-refractivity contribution < 1.29 is 33.3 Å². The molecule has 8 nitrogen and oxygen atoms in total. The number of hydrogen-bond acceptors (Lipinski definition) is 7. The molecular weight excluding hydrogens is 462 g/mol. The van der Waals surface area contributed by atoms with Crippen LogP contribution in [-0.2, 0) is 16.1 Å². The highest BCUT2D eigenvalue weighted by atomic mass is 16.5. The summed E-state index contributed by atoms with van der Waals surface area (Å²) in [6.07, 6.45) is 0. The van der Waals surface area contributed by atoms with Crippen LogP contribution in [0.4, 0.5) is 0 Å². The van der Waals surface area contributed by atoms with Crippen LogP contribution in [0.3, 0.4) is 0 Å². The Kier molecular flexibility index (Phi) is 7.15. The molecule has 3 aromatic rings. The Labute approximate surface area is 209 Å². The van der Waals surface area contributed by atoms with Crippen molar-refractivity contribution in [2.75, 3.05) is 35.5 Å². The third-order valence-electron chi connectivity index (χ3n) is 5.97. The molecule has 0 fully saturated rings. The lowest BCUT2D eigenvalue weighted by molar-refractivity contribution is -0.136. The van der Waals surface area contributed by atoms with Crippen molar-refractivity contribution >= 4 is 23.0 Å². The molecule has 3 aromatic carbocycles. The summed E-state index contributed by atoms with van der Waals surface area (Å²) in [5, 5.41) is 0. The fourth-order valence-corrected chi connectivity index (χ4v) is 4.26. The minimum atomic E-state index is -0.417. The monoisotopic (exact) mass is 489 g/mol. The Balaban J connectivity index is 1.81. The SMILES string of the molecule is COc1ccc(C2=C(c3ccccc3)C(=O)N(Cc3cc(OC)c(OC)c(OC)c3)C2=O)cc1OC. The fourth-order valence-electron chi connectivity index (χ4n) is 4.26. The Hall–Kier alpha value is -4.46. The van der Waals surface area contributed by atoms with E-state index in [1.807, 2.05) is 30.3 Å². The van der Waals surface area contributed by atoms with Gasteiger partial charge in [-0.1, -0.05) is 36.4 Å². The average Bonchev–Trinajstić information content (AvgIpc) is 3.17. The summed E-state index contributed by atoms with van der Waals surface area (Å²) in [6.45, 7) is 0.0154. The van der Waals surface area contributed by atoms with Crippen LogP contribution in [0.1, 0.15) is 16.7 Å². The minimum Gasteiger partial charge on any atom is -0.493 e. The average molecular weight is 490 g/mol. The Morgan fingerprint density at radius 3 is 1.67 bits per heavy atom. The molecule has 0 saturated carbocycles. The molecule has 0 unspecified atom stereocenters. The molecular formula is C28H27NO7. The van der Waals surface area contributed by atoms with Crippen molar-refractivity contribution in [1.82, 2.24) is 4.90 Å². The van der Waals surface area contributed by atoms with Crippen LogP contribution in [0.2, 0.25) is 0 Å². The van der Waals surface area contributed by atoms with Crippen LogP contribution in [0.5, 0.6) is 28.7 Å². The zero-order valence-corrected chi connectivity index (χ0v) is 20.8. The largest absolute Gasteiger partial charge is 0.493 e. The molecule has 36 heavy (non-hydrogen) atoms. The highest BCUT2D eigenvalue weighted by molar-refractivity contribution is 6.49. The molecule has 0 aliphatic carbocycles. The molecule has 0 aromatic heterocycles. The topological polar surface area (TPSA) is 83.5 Å². The number of nitrogens with zero attached hydrogens (tertiary/aromatic N) is 1. The predicted octanol–water partition coefficient (Wildman–Crippen LogP) is 4.21. The van der Waals surface area contributed by atoms with E-state index in [2.05, 4.69) is 0 Å². The van der Waals surface area contributed by atoms with Crippen molar-refractivity contribution in [3.05, 3.63) is 77.4 Å². The van der Waals surface area contributed by atoms with Crippen LogP contribution in [-0.4, -0.2) is 52.3 Å². The maximum Gasteiger partial charge on any atom is 0.262 e. The molecule has 8 heteroatoms. The number of methoxy groups -OCH3 is 5. The van der Waals surface area contributed by atoms with E-state index in [1.54, 1.807) is 30.3 Å². The highest BCUT2D eigenvalue weighted by Gasteiger charge is 2.40. The second-order valence-electron chi connectivity index (χ2n) is 7.92. The van der Waals surface area contributed by atoms with Gasteiger partial charge in [-0.3, -0.25) is 14.5 Å². The molecule has 186 valence electrons. The van der Waals surface area contributed by atoms with E-state index in [9.17, 15) is 9.59 Å². The maximum atomic E-state index is 13.8. The summed E-state index contributed by atoms with van der Waals surface area (Å²) in [4.78, 5) is 28.7. The van der Waals surface area contributed by atoms with Gasteiger partial charge < -0.3 is 23.7 Å². The first-order chi connectivity index (χ1) is 17.5. The molecule has 0 spiro atoms. The van der Waals surface area contributed by atoms with Gasteiger partial charge in [-0.15, -0.1) is 0 Å². The van der Waals surface area contributed by atoms with E-state index < -0.39 is 11.8 Å². The number of carbonyl (C=O) groups excluding carboxylic acids is 2. The van der Waals surface area contributed by atoms with Crippen LogP contribution in [0, 0.1) is 0 Å². The highest BCUT2D eigenvalue weighted by Crippen LogP contribution is 2.41. The lowest BCUT2D eigenvalue weighted by Crippen LogP contribution is -2.31. The van der Waals surface area contributed by atoms with Gasteiger partial charge in [0.1, 0.15) is 0 Å². The van der Waals surface area contributed by atoms with Gasteiger partial charge in [-0.25, -0.2) is 0 Å². The lowest BCUT2D eigenvalue weighted by atomic mass is 9.96. The summed E-state index contributed by atoms with van der Waals surface area (Å²) in [7, 11) is 7.59. The number of rotatable bonds is 9. The molecule has 0 atom stereocenters. The van der Waals surface area contributed by atoms with Crippen molar-refractivity contribution in [2.24, 2.45) is 0 Å². The summed E-state index contributed by atoms with van der Waals surface area (Å²) in [6, 6.07) is 17.7. The molecule has 1 heterocycles. The molecule has 1 aliphatic heterocycles. The first kappa shape index (κ1) is 24.7. The molecule has 0 radical (unpaired) electrons. The predicted molar refractivity (Wildman–Crippen MR) is 134 cm³/mol. The van der Waals surface area contributed by atoms with Gasteiger partial charge in [-0.2, -0.15) is 0 Å². The molecule has 4 rings (SSSR count). The van der Waals surface area contributed by atoms with Crippen molar-refractivity contribution in [3.8, 4) is 28.7 Å². The van der Waals surface area contributed by atoms with Gasteiger partial charge in [-0.05, 0) is 41.0 Å². The van der Waals surface area contributed by atoms with E-state index in [0.29, 0.717) is 56.6 Å². The normalized spacial score (nSPS) is 13.2. The third kappa shape index (κ3) is 4.33.